The van der Waals surface area contributed by atoms with Crippen LogP contribution in [0.25, 0.3) is 0 Å². The van der Waals surface area contributed by atoms with E-state index in [0.717, 1.165) is 16.6 Å². The van der Waals surface area contributed by atoms with E-state index in [1.165, 1.54) is 0 Å². The van der Waals surface area contributed by atoms with E-state index in [0.29, 0.717) is 19.0 Å². The molecule has 0 aliphatic carbocycles. The lowest BCUT2D eigenvalue weighted by atomic mass is 10.2. The Morgan fingerprint density at radius 3 is 2.82 bits per heavy atom. The minimum absolute atomic E-state index is 0.0816. The first-order valence-electron chi connectivity index (χ1n) is 5.82. The third-order valence-electron chi connectivity index (χ3n) is 2.28. The summed E-state index contributed by atoms with van der Waals surface area (Å²) < 4.78 is 1.03. The zero-order chi connectivity index (χ0) is 12.7. The minimum atomic E-state index is 0.0816. The van der Waals surface area contributed by atoms with Crippen molar-refractivity contribution in [2.24, 2.45) is 0 Å². The molecule has 0 unspecified atom stereocenters. The maximum atomic E-state index is 11.5. The highest BCUT2D eigenvalue weighted by molar-refractivity contribution is 9.10. The van der Waals surface area contributed by atoms with Crippen molar-refractivity contribution in [3.8, 4) is 0 Å². The van der Waals surface area contributed by atoms with Crippen molar-refractivity contribution < 1.29 is 4.79 Å². The highest BCUT2D eigenvalue weighted by Gasteiger charge is 2.01. The molecule has 0 saturated heterocycles. The number of halogens is 1. The number of amides is 1. The molecule has 0 heterocycles. The predicted octanol–water partition coefficient (Wildman–Crippen LogP) is 2.45. The van der Waals surface area contributed by atoms with Crippen molar-refractivity contribution in [1.82, 2.24) is 10.6 Å². The average molecular weight is 299 g/mol. The van der Waals surface area contributed by atoms with Crippen LogP contribution in [0.3, 0.4) is 0 Å². The zero-order valence-electron chi connectivity index (χ0n) is 10.3. The van der Waals surface area contributed by atoms with Crippen molar-refractivity contribution in [3.63, 3.8) is 0 Å². The van der Waals surface area contributed by atoms with Gasteiger partial charge in [-0.05, 0) is 17.7 Å². The normalized spacial score (nSPS) is 10.6. The fourth-order valence-corrected chi connectivity index (χ4v) is 1.86. The summed E-state index contributed by atoms with van der Waals surface area (Å²) in [6, 6.07) is 8.36. The number of benzene rings is 1. The Morgan fingerprint density at radius 2 is 2.18 bits per heavy atom. The molecule has 17 heavy (non-hydrogen) atoms. The number of rotatable bonds is 6. The molecule has 94 valence electrons. The van der Waals surface area contributed by atoms with Gasteiger partial charge < -0.3 is 10.6 Å². The van der Waals surface area contributed by atoms with Crippen molar-refractivity contribution in [1.29, 1.82) is 0 Å². The molecular formula is C13H19BrN2O. The molecule has 0 saturated carbocycles. The highest BCUT2D eigenvalue weighted by atomic mass is 79.9. The van der Waals surface area contributed by atoms with E-state index < -0.39 is 0 Å². The lowest BCUT2D eigenvalue weighted by Crippen LogP contribution is -2.30. The van der Waals surface area contributed by atoms with Crippen LogP contribution in [-0.2, 0) is 11.3 Å². The molecule has 1 rings (SSSR count). The molecular weight excluding hydrogens is 280 g/mol. The largest absolute Gasteiger partial charge is 0.352 e. The van der Waals surface area contributed by atoms with E-state index in [-0.39, 0.29) is 5.91 Å². The zero-order valence-corrected chi connectivity index (χ0v) is 11.9. The van der Waals surface area contributed by atoms with E-state index in [1.807, 2.05) is 24.3 Å². The van der Waals surface area contributed by atoms with E-state index in [2.05, 4.69) is 40.4 Å². The number of carbonyl (C=O) groups is 1. The third kappa shape index (κ3) is 6.44. The maximum absolute atomic E-state index is 11.5. The summed E-state index contributed by atoms with van der Waals surface area (Å²) in [6.45, 7) is 5.45. The van der Waals surface area contributed by atoms with E-state index in [9.17, 15) is 4.79 Å². The van der Waals surface area contributed by atoms with Crippen LogP contribution in [0, 0.1) is 0 Å². The van der Waals surface area contributed by atoms with Crippen molar-refractivity contribution in [2.45, 2.75) is 32.9 Å². The topological polar surface area (TPSA) is 41.1 Å². The first kappa shape index (κ1) is 14.2. The summed E-state index contributed by atoms with van der Waals surface area (Å²) >= 11 is 3.40. The summed E-state index contributed by atoms with van der Waals surface area (Å²) in [5.41, 5.74) is 1.10. The van der Waals surface area contributed by atoms with Crippen LogP contribution >= 0.6 is 15.9 Å². The van der Waals surface area contributed by atoms with Gasteiger partial charge in [-0.1, -0.05) is 41.9 Å². The molecule has 0 atom stereocenters. The van der Waals surface area contributed by atoms with Crippen molar-refractivity contribution in [3.05, 3.63) is 34.3 Å². The van der Waals surface area contributed by atoms with Crippen LogP contribution in [0.1, 0.15) is 25.8 Å². The molecule has 2 N–H and O–H groups in total. The van der Waals surface area contributed by atoms with Crippen LogP contribution in [-0.4, -0.2) is 18.5 Å². The summed E-state index contributed by atoms with van der Waals surface area (Å²) in [4.78, 5) is 11.5. The lowest BCUT2D eigenvalue weighted by Gasteiger charge is -2.08. The van der Waals surface area contributed by atoms with Gasteiger partial charge in [0.1, 0.15) is 0 Å². The number of hydrogen-bond donors (Lipinski definition) is 2. The van der Waals surface area contributed by atoms with Crippen LogP contribution < -0.4 is 10.6 Å². The van der Waals surface area contributed by atoms with Gasteiger partial charge in [0, 0.05) is 30.0 Å². The van der Waals surface area contributed by atoms with Gasteiger partial charge in [0.15, 0.2) is 0 Å². The monoisotopic (exact) mass is 298 g/mol. The van der Waals surface area contributed by atoms with Gasteiger partial charge >= 0.3 is 0 Å². The molecule has 1 amide bonds. The fourth-order valence-electron chi connectivity index (χ4n) is 1.41. The molecule has 0 fully saturated rings. The molecule has 1 aromatic rings. The molecule has 4 heteroatoms. The van der Waals surface area contributed by atoms with E-state index >= 15 is 0 Å². The van der Waals surface area contributed by atoms with Crippen LogP contribution in [0.15, 0.2) is 28.7 Å². The van der Waals surface area contributed by atoms with Gasteiger partial charge in [-0.3, -0.25) is 4.79 Å². The van der Waals surface area contributed by atoms with Gasteiger partial charge in [-0.25, -0.2) is 0 Å². The summed E-state index contributed by atoms with van der Waals surface area (Å²) in [5.74, 6) is 0.0816. The second-order valence-corrected chi connectivity index (χ2v) is 5.18. The standard InChI is InChI=1S/C13H19BrN2O/c1-10(2)15-7-6-13(17)16-9-11-4-3-5-12(14)8-11/h3-5,8,10,15H,6-7,9H2,1-2H3,(H,16,17). The van der Waals surface area contributed by atoms with Gasteiger partial charge in [0.05, 0.1) is 0 Å². The second kappa shape index (κ2) is 7.45. The molecule has 0 radical (unpaired) electrons. The number of nitrogens with one attached hydrogen (secondary N) is 2. The molecule has 0 spiro atoms. The Hall–Kier alpha value is -0.870. The highest BCUT2D eigenvalue weighted by Crippen LogP contribution is 2.11. The smallest absolute Gasteiger partial charge is 0.221 e. The Labute approximate surface area is 111 Å². The van der Waals surface area contributed by atoms with Crippen LogP contribution in [0.4, 0.5) is 0 Å². The fraction of sp³-hybridized carbons (Fsp3) is 0.462. The molecule has 3 nitrogen and oxygen atoms in total. The molecule has 0 aliphatic heterocycles. The quantitative estimate of drug-likeness (QED) is 0.847. The summed E-state index contributed by atoms with van der Waals surface area (Å²) in [5, 5.41) is 6.12. The number of hydrogen-bond acceptors (Lipinski definition) is 2. The Bertz CT molecular complexity index is 366. The van der Waals surface area contributed by atoms with Gasteiger partial charge in [-0.2, -0.15) is 0 Å². The average Bonchev–Trinajstić information content (AvgIpc) is 2.26. The van der Waals surface area contributed by atoms with Crippen LogP contribution in [0.2, 0.25) is 0 Å². The molecule has 0 aliphatic rings. The summed E-state index contributed by atoms with van der Waals surface area (Å²) in [7, 11) is 0. The van der Waals surface area contributed by atoms with Gasteiger partial charge in [0.25, 0.3) is 0 Å². The van der Waals surface area contributed by atoms with E-state index in [4.69, 9.17) is 0 Å². The molecule has 0 aromatic heterocycles. The SMILES string of the molecule is CC(C)NCCC(=O)NCc1cccc(Br)c1. The van der Waals surface area contributed by atoms with Crippen molar-refractivity contribution in [2.75, 3.05) is 6.54 Å². The van der Waals surface area contributed by atoms with Gasteiger partial charge in [0.2, 0.25) is 5.91 Å². The molecule has 0 bridgehead atoms. The first-order chi connectivity index (χ1) is 8.08. The van der Waals surface area contributed by atoms with E-state index in [1.54, 1.807) is 0 Å². The third-order valence-corrected chi connectivity index (χ3v) is 2.78. The predicted molar refractivity (Wildman–Crippen MR) is 73.7 cm³/mol. The Kier molecular flexibility index (Phi) is 6.22. The second-order valence-electron chi connectivity index (χ2n) is 4.27. The summed E-state index contributed by atoms with van der Waals surface area (Å²) in [6.07, 6.45) is 0.520. The minimum Gasteiger partial charge on any atom is -0.352 e. The van der Waals surface area contributed by atoms with Gasteiger partial charge in [-0.15, -0.1) is 0 Å². The lowest BCUT2D eigenvalue weighted by molar-refractivity contribution is -0.121. The Morgan fingerprint density at radius 1 is 1.41 bits per heavy atom. The first-order valence-corrected chi connectivity index (χ1v) is 6.62. The number of carbonyl (C=O) groups excluding carboxylic acids is 1. The maximum Gasteiger partial charge on any atom is 0.221 e. The van der Waals surface area contributed by atoms with Crippen molar-refractivity contribution >= 4 is 21.8 Å². The molecule has 1 aromatic carbocycles. The van der Waals surface area contributed by atoms with Crippen LogP contribution in [0.5, 0.6) is 0 Å². The Balaban J connectivity index is 2.24.